The van der Waals surface area contributed by atoms with Crippen LogP contribution >= 0.6 is 0 Å². The molecule has 0 aliphatic heterocycles. The van der Waals surface area contributed by atoms with E-state index in [4.69, 9.17) is 14.6 Å². The van der Waals surface area contributed by atoms with Gasteiger partial charge in [0.25, 0.3) is 0 Å². The molecule has 0 aromatic rings. The lowest BCUT2D eigenvalue weighted by Gasteiger charge is -2.06. The van der Waals surface area contributed by atoms with E-state index >= 15 is 0 Å². The Hall–Kier alpha value is -1.14. The molecule has 0 unspecified atom stereocenters. The van der Waals surface area contributed by atoms with E-state index in [1.54, 1.807) is 7.11 Å². The van der Waals surface area contributed by atoms with Crippen molar-refractivity contribution in [1.82, 2.24) is 5.32 Å². The van der Waals surface area contributed by atoms with Crippen molar-refractivity contribution in [2.75, 3.05) is 33.5 Å². The van der Waals surface area contributed by atoms with Crippen molar-refractivity contribution in [3.8, 4) is 0 Å². The summed E-state index contributed by atoms with van der Waals surface area (Å²) in [7, 11) is 1.63. The molecule has 0 spiro atoms. The topological polar surface area (TPSA) is 84.9 Å². The number of rotatable bonds is 10. The molecule has 0 radical (unpaired) electrons. The second-order valence-electron chi connectivity index (χ2n) is 5.72. The lowest BCUT2D eigenvalue weighted by Crippen LogP contribution is -2.28. The van der Waals surface area contributed by atoms with Crippen molar-refractivity contribution in [2.45, 2.75) is 26.7 Å². The minimum atomic E-state index is -0.887. The predicted octanol–water partition coefficient (Wildman–Crippen LogP) is 0.903. The number of carbonyl (C=O) groups excluding carboxylic acids is 1. The number of carboxylic acid groups (broad SMARTS) is 1. The van der Waals surface area contributed by atoms with Gasteiger partial charge in [-0.3, -0.25) is 9.59 Å². The lowest BCUT2D eigenvalue weighted by molar-refractivity contribution is -0.140. The number of amides is 1. The third-order valence-corrected chi connectivity index (χ3v) is 3.82. The van der Waals surface area contributed by atoms with Crippen LogP contribution in [0.2, 0.25) is 0 Å². The summed E-state index contributed by atoms with van der Waals surface area (Å²) in [6, 6.07) is 0. The van der Waals surface area contributed by atoms with Gasteiger partial charge in [-0.2, -0.15) is 0 Å². The first-order chi connectivity index (χ1) is 9.42. The van der Waals surface area contributed by atoms with Crippen LogP contribution in [0.15, 0.2) is 0 Å². The Morgan fingerprint density at radius 3 is 2.40 bits per heavy atom. The van der Waals surface area contributed by atoms with Crippen LogP contribution < -0.4 is 5.32 Å². The van der Waals surface area contributed by atoms with Crippen LogP contribution in [0.1, 0.15) is 26.7 Å². The number of aliphatic carboxylic acids is 1. The van der Waals surface area contributed by atoms with Gasteiger partial charge in [0, 0.05) is 20.3 Å². The van der Waals surface area contributed by atoms with Crippen LogP contribution in [0.4, 0.5) is 0 Å². The van der Waals surface area contributed by atoms with Gasteiger partial charge in [0.1, 0.15) is 0 Å². The molecule has 1 aliphatic carbocycles. The van der Waals surface area contributed by atoms with Crippen molar-refractivity contribution < 1.29 is 24.2 Å². The van der Waals surface area contributed by atoms with Gasteiger partial charge in [-0.25, -0.2) is 0 Å². The van der Waals surface area contributed by atoms with Gasteiger partial charge < -0.3 is 19.9 Å². The van der Waals surface area contributed by atoms with E-state index in [0.29, 0.717) is 26.4 Å². The Kier molecular flexibility index (Phi) is 6.42. The number of unbranched alkanes of at least 4 members (excludes halogenated alkanes) is 1. The first kappa shape index (κ1) is 16.9. The average Bonchev–Trinajstić information content (AvgIpc) is 2.96. The molecule has 0 aromatic carbocycles. The van der Waals surface area contributed by atoms with Crippen molar-refractivity contribution in [2.24, 2.45) is 17.3 Å². The molecule has 20 heavy (non-hydrogen) atoms. The molecule has 1 saturated carbocycles. The van der Waals surface area contributed by atoms with E-state index in [2.05, 4.69) is 5.32 Å². The highest BCUT2D eigenvalue weighted by Crippen LogP contribution is 2.58. The summed E-state index contributed by atoms with van der Waals surface area (Å²) in [5, 5.41) is 11.8. The molecule has 1 amide bonds. The maximum atomic E-state index is 11.9. The Balaban J connectivity index is 2.09. The molecule has 0 heterocycles. The summed E-state index contributed by atoms with van der Waals surface area (Å²) in [4.78, 5) is 22.9. The first-order valence-electron chi connectivity index (χ1n) is 7.00. The minimum absolute atomic E-state index is 0.150. The number of nitrogens with one attached hydrogen (secondary N) is 1. The van der Waals surface area contributed by atoms with Gasteiger partial charge >= 0.3 is 5.97 Å². The lowest BCUT2D eigenvalue weighted by atomic mass is 10.1. The zero-order valence-corrected chi connectivity index (χ0v) is 12.5. The van der Waals surface area contributed by atoms with Gasteiger partial charge in [-0.05, 0) is 18.3 Å². The van der Waals surface area contributed by atoms with Crippen LogP contribution in [-0.4, -0.2) is 50.5 Å². The first-order valence-corrected chi connectivity index (χ1v) is 7.00. The Bertz CT molecular complexity index is 342. The van der Waals surface area contributed by atoms with Crippen LogP contribution in [0.3, 0.4) is 0 Å². The zero-order chi connectivity index (χ0) is 15.2. The fraction of sp³-hybridized carbons (Fsp3) is 0.857. The molecule has 6 nitrogen and oxygen atoms in total. The Labute approximate surface area is 119 Å². The summed E-state index contributed by atoms with van der Waals surface area (Å²) < 4.78 is 10.2. The van der Waals surface area contributed by atoms with E-state index in [1.165, 1.54) is 0 Å². The Morgan fingerprint density at radius 1 is 1.15 bits per heavy atom. The van der Waals surface area contributed by atoms with E-state index in [9.17, 15) is 9.59 Å². The summed E-state index contributed by atoms with van der Waals surface area (Å²) in [5.74, 6) is -2.00. The van der Waals surface area contributed by atoms with Crippen molar-refractivity contribution in [3.63, 3.8) is 0 Å². The van der Waals surface area contributed by atoms with Gasteiger partial charge in [0.15, 0.2) is 0 Å². The molecule has 6 heteroatoms. The van der Waals surface area contributed by atoms with Crippen molar-refractivity contribution in [3.05, 3.63) is 0 Å². The average molecular weight is 287 g/mol. The maximum Gasteiger partial charge on any atom is 0.307 e. The number of methoxy groups -OCH3 is 1. The number of hydrogen-bond acceptors (Lipinski definition) is 4. The Morgan fingerprint density at radius 2 is 1.85 bits per heavy atom. The van der Waals surface area contributed by atoms with E-state index in [1.807, 2.05) is 13.8 Å². The maximum absolute atomic E-state index is 11.9. The molecule has 2 N–H and O–H groups in total. The molecule has 1 rings (SSSR count). The smallest absolute Gasteiger partial charge is 0.307 e. The van der Waals surface area contributed by atoms with Gasteiger partial charge in [-0.1, -0.05) is 13.8 Å². The van der Waals surface area contributed by atoms with Crippen LogP contribution in [0.5, 0.6) is 0 Å². The van der Waals surface area contributed by atoms with E-state index in [-0.39, 0.29) is 5.91 Å². The molecule has 116 valence electrons. The minimum Gasteiger partial charge on any atom is -0.481 e. The molecule has 0 saturated heterocycles. The molecular weight excluding hydrogens is 262 g/mol. The molecule has 0 bridgehead atoms. The number of carbonyl (C=O) groups is 2. The number of carboxylic acids is 1. The standard InChI is InChI=1S/C14H25NO5/c1-14(2)10(11(14)13(17)18)12(16)15-6-4-5-7-20-9-8-19-3/h10-11H,4-9H2,1-3H3,(H,15,16)(H,17,18)/t10-,11+/m1/s1. The normalized spacial score (nSPS) is 23.4. The highest BCUT2D eigenvalue weighted by Gasteiger charge is 2.65. The summed E-state index contributed by atoms with van der Waals surface area (Å²) in [5.41, 5.74) is -0.431. The molecule has 1 fully saturated rings. The predicted molar refractivity (Wildman–Crippen MR) is 73.3 cm³/mol. The third-order valence-electron chi connectivity index (χ3n) is 3.82. The monoisotopic (exact) mass is 287 g/mol. The van der Waals surface area contributed by atoms with Gasteiger partial charge in [0.05, 0.1) is 25.0 Å². The van der Waals surface area contributed by atoms with Crippen molar-refractivity contribution in [1.29, 1.82) is 0 Å². The SMILES string of the molecule is COCCOCCCCNC(=O)[C@H]1[C@@H](C(=O)O)C1(C)C. The third kappa shape index (κ3) is 4.45. The highest BCUT2D eigenvalue weighted by molar-refractivity contribution is 5.91. The fourth-order valence-electron chi connectivity index (χ4n) is 2.48. The summed E-state index contributed by atoms with van der Waals surface area (Å²) in [6.45, 7) is 6.01. The molecule has 2 atom stereocenters. The van der Waals surface area contributed by atoms with Gasteiger partial charge in [0.2, 0.25) is 5.91 Å². The fourth-order valence-corrected chi connectivity index (χ4v) is 2.48. The van der Waals surface area contributed by atoms with Gasteiger partial charge in [-0.15, -0.1) is 0 Å². The largest absolute Gasteiger partial charge is 0.481 e. The van der Waals surface area contributed by atoms with Crippen molar-refractivity contribution >= 4 is 11.9 Å². The van der Waals surface area contributed by atoms with E-state index < -0.39 is 23.2 Å². The molecule has 1 aliphatic rings. The second kappa shape index (κ2) is 7.59. The zero-order valence-electron chi connectivity index (χ0n) is 12.5. The van der Waals surface area contributed by atoms with E-state index in [0.717, 1.165) is 12.8 Å². The van der Waals surface area contributed by atoms with Crippen LogP contribution in [-0.2, 0) is 19.1 Å². The quantitative estimate of drug-likeness (QED) is 0.583. The second-order valence-corrected chi connectivity index (χ2v) is 5.72. The summed E-state index contributed by atoms with van der Waals surface area (Å²) >= 11 is 0. The molecular formula is C14H25NO5. The highest BCUT2D eigenvalue weighted by atomic mass is 16.5. The van der Waals surface area contributed by atoms with Crippen LogP contribution in [0, 0.1) is 17.3 Å². The van der Waals surface area contributed by atoms with Crippen LogP contribution in [0.25, 0.3) is 0 Å². The molecule has 0 aromatic heterocycles. The number of ether oxygens (including phenoxy) is 2. The number of hydrogen-bond donors (Lipinski definition) is 2. The summed E-state index contributed by atoms with van der Waals surface area (Å²) in [6.07, 6.45) is 1.68.